The van der Waals surface area contributed by atoms with E-state index < -0.39 is 24.2 Å². The largest absolute Gasteiger partial charge is 0.481 e. The lowest BCUT2D eigenvalue weighted by Gasteiger charge is -2.15. The second kappa shape index (κ2) is 32.3. The van der Waals surface area contributed by atoms with Crippen LogP contribution >= 0.6 is 0 Å². The number of amides is 2. The Morgan fingerprint density at radius 1 is 0.652 bits per heavy atom. The third-order valence-electron chi connectivity index (χ3n) is 7.35. The van der Waals surface area contributed by atoms with E-state index in [9.17, 15) is 29.1 Å². The number of aldehydes is 1. The summed E-state index contributed by atoms with van der Waals surface area (Å²) >= 11 is 0. The third-order valence-corrected chi connectivity index (χ3v) is 7.35. The van der Waals surface area contributed by atoms with E-state index >= 15 is 0 Å². The molecule has 0 aliphatic carbocycles. The van der Waals surface area contributed by atoms with Crippen LogP contribution in [0.5, 0.6) is 0 Å². The zero-order valence-corrected chi connectivity index (χ0v) is 28.1. The minimum atomic E-state index is -1.17. The molecule has 0 aromatic rings. The van der Waals surface area contributed by atoms with E-state index in [4.69, 9.17) is 19.3 Å². The molecule has 268 valence electrons. The molecule has 0 fully saturated rings. The van der Waals surface area contributed by atoms with Crippen LogP contribution in [0.15, 0.2) is 0 Å². The number of unbranched alkanes of at least 4 members (excludes halogenated alkanes) is 13. The highest BCUT2D eigenvalue weighted by Crippen LogP contribution is 2.14. The predicted molar refractivity (Wildman–Crippen MR) is 174 cm³/mol. The van der Waals surface area contributed by atoms with Crippen molar-refractivity contribution >= 4 is 30.0 Å². The van der Waals surface area contributed by atoms with Gasteiger partial charge in [-0.05, 0) is 26.2 Å². The second-order valence-electron chi connectivity index (χ2n) is 11.4. The van der Waals surface area contributed by atoms with Crippen molar-refractivity contribution in [3.8, 4) is 0 Å². The highest BCUT2D eigenvalue weighted by atomic mass is 16.5. The fourth-order valence-electron chi connectivity index (χ4n) is 4.73. The van der Waals surface area contributed by atoms with Crippen molar-refractivity contribution in [3.63, 3.8) is 0 Å². The van der Waals surface area contributed by atoms with Gasteiger partial charge in [0.1, 0.15) is 6.04 Å². The molecule has 0 aromatic heterocycles. The Morgan fingerprint density at radius 3 is 1.72 bits per heavy atom. The summed E-state index contributed by atoms with van der Waals surface area (Å²) in [5.74, 6) is -2.52. The lowest BCUT2D eigenvalue weighted by molar-refractivity contribution is -0.142. The molecule has 0 spiro atoms. The molecule has 0 aliphatic heterocycles. The molecule has 13 nitrogen and oxygen atoms in total. The fraction of sp³-hybridized carbons (Fsp3) is 0.848. The Bertz CT molecular complexity index is 800. The average Bonchev–Trinajstić information content (AvgIpc) is 3.02. The number of hydrogen-bond acceptors (Lipinski definition) is 9. The van der Waals surface area contributed by atoms with E-state index in [1.54, 1.807) is 0 Å². The van der Waals surface area contributed by atoms with Crippen LogP contribution in [-0.4, -0.2) is 98.6 Å². The molecule has 0 rings (SSSR count). The number of carbonyl (C=O) groups excluding carboxylic acids is 3. The Labute approximate surface area is 275 Å². The maximum atomic E-state index is 12.2. The molecular formula is C33H61N3O10. The molecule has 0 bridgehead atoms. The van der Waals surface area contributed by atoms with Gasteiger partial charge in [0, 0.05) is 39.0 Å². The summed E-state index contributed by atoms with van der Waals surface area (Å²) in [7, 11) is 0. The van der Waals surface area contributed by atoms with Crippen LogP contribution in [0.1, 0.15) is 122 Å². The monoisotopic (exact) mass is 659 g/mol. The number of rotatable bonds is 35. The third kappa shape index (κ3) is 30.1. The number of carboxylic acid groups (broad SMARTS) is 2. The fourth-order valence-corrected chi connectivity index (χ4v) is 4.73. The first-order valence-electron chi connectivity index (χ1n) is 17.3. The lowest BCUT2D eigenvalue weighted by atomic mass is 10.0. The molecule has 5 N–H and O–H groups in total. The molecule has 1 unspecified atom stereocenters. The highest BCUT2D eigenvalue weighted by molar-refractivity contribution is 5.84. The van der Waals surface area contributed by atoms with E-state index in [0.717, 1.165) is 38.5 Å². The van der Waals surface area contributed by atoms with Gasteiger partial charge in [-0.25, -0.2) is 4.79 Å². The van der Waals surface area contributed by atoms with Crippen molar-refractivity contribution in [2.24, 2.45) is 0 Å². The Morgan fingerprint density at radius 2 is 1.20 bits per heavy atom. The first-order chi connectivity index (χ1) is 22.3. The van der Waals surface area contributed by atoms with Gasteiger partial charge in [0.25, 0.3) is 0 Å². The molecule has 0 heterocycles. The molecule has 2 atom stereocenters. The van der Waals surface area contributed by atoms with Gasteiger partial charge in [-0.2, -0.15) is 0 Å². The van der Waals surface area contributed by atoms with Crippen molar-refractivity contribution in [2.75, 3.05) is 46.1 Å². The summed E-state index contributed by atoms with van der Waals surface area (Å²) in [6.45, 7) is 4.36. The van der Waals surface area contributed by atoms with E-state index in [-0.39, 0.29) is 63.9 Å². The van der Waals surface area contributed by atoms with Crippen molar-refractivity contribution < 1.29 is 48.4 Å². The van der Waals surface area contributed by atoms with E-state index in [1.807, 2.05) is 6.92 Å². The molecule has 0 saturated heterocycles. The normalized spacial score (nSPS) is 12.4. The van der Waals surface area contributed by atoms with Crippen molar-refractivity contribution in [1.82, 2.24) is 16.0 Å². The van der Waals surface area contributed by atoms with Gasteiger partial charge in [-0.3, -0.25) is 24.5 Å². The molecule has 0 aromatic carbocycles. The minimum absolute atomic E-state index is 0.00221. The maximum Gasteiger partial charge on any atom is 0.326 e. The molecule has 0 aliphatic rings. The van der Waals surface area contributed by atoms with Crippen LogP contribution in [0, 0.1) is 0 Å². The average molecular weight is 660 g/mol. The number of carboxylic acids is 2. The van der Waals surface area contributed by atoms with Gasteiger partial charge in [-0.1, -0.05) is 77.0 Å². The quantitative estimate of drug-likeness (QED) is 0.0376. The van der Waals surface area contributed by atoms with Gasteiger partial charge in [0.15, 0.2) is 12.5 Å². The van der Waals surface area contributed by atoms with E-state index in [1.165, 1.54) is 44.9 Å². The van der Waals surface area contributed by atoms with Crippen LogP contribution in [0.4, 0.5) is 0 Å². The van der Waals surface area contributed by atoms with E-state index in [2.05, 4.69) is 16.0 Å². The van der Waals surface area contributed by atoms with Crippen LogP contribution < -0.4 is 16.0 Å². The summed E-state index contributed by atoms with van der Waals surface area (Å²) in [6, 6.07) is -1.11. The number of aliphatic carboxylic acids is 2. The van der Waals surface area contributed by atoms with E-state index in [0.29, 0.717) is 32.5 Å². The topological polar surface area (TPSA) is 190 Å². The standard InChI is InChI=1S/C33H61N3O10/c1-2-44-23-22-35-31(27-37)46-26-25-45-24-21-34-29(38)20-19-28(33(42)43)36-30(39)17-15-13-11-9-7-5-3-4-6-8-10-12-14-16-18-32(40)41/h27-28,31,35H,2-26H2,1H3,(H,34,38)(H,36,39)(H,40,41)(H,42,43)/t28-,31?/m0/s1. The van der Waals surface area contributed by atoms with Gasteiger partial charge in [-0.15, -0.1) is 0 Å². The van der Waals surface area contributed by atoms with Crippen molar-refractivity contribution in [1.29, 1.82) is 0 Å². The summed E-state index contributed by atoms with van der Waals surface area (Å²) in [6.07, 6.45) is 15.6. The van der Waals surface area contributed by atoms with Crippen molar-refractivity contribution in [3.05, 3.63) is 0 Å². The number of ether oxygens (including phenoxy) is 3. The number of carbonyl (C=O) groups is 5. The predicted octanol–water partition coefficient (Wildman–Crippen LogP) is 3.96. The van der Waals surface area contributed by atoms with Crippen LogP contribution in [0.2, 0.25) is 0 Å². The summed E-state index contributed by atoms with van der Waals surface area (Å²) in [4.78, 5) is 57.4. The van der Waals surface area contributed by atoms with Crippen LogP contribution in [0.25, 0.3) is 0 Å². The van der Waals surface area contributed by atoms with Gasteiger partial charge >= 0.3 is 11.9 Å². The van der Waals surface area contributed by atoms with Gasteiger partial charge in [0.2, 0.25) is 11.8 Å². The molecular weight excluding hydrogens is 598 g/mol. The molecule has 0 saturated carbocycles. The van der Waals surface area contributed by atoms with Crippen LogP contribution in [-0.2, 0) is 38.2 Å². The van der Waals surface area contributed by atoms with Gasteiger partial charge in [0.05, 0.1) is 26.4 Å². The smallest absolute Gasteiger partial charge is 0.326 e. The lowest BCUT2D eigenvalue weighted by Crippen LogP contribution is -2.41. The van der Waals surface area contributed by atoms with Crippen molar-refractivity contribution in [2.45, 2.75) is 135 Å². The van der Waals surface area contributed by atoms with Gasteiger partial charge < -0.3 is 35.1 Å². The molecule has 2 amide bonds. The number of hydrogen-bond donors (Lipinski definition) is 5. The zero-order valence-electron chi connectivity index (χ0n) is 28.1. The highest BCUT2D eigenvalue weighted by Gasteiger charge is 2.20. The summed E-state index contributed by atoms with van der Waals surface area (Å²) in [5.41, 5.74) is 0. The molecule has 46 heavy (non-hydrogen) atoms. The van der Waals surface area contributed by atoms with Crippen LogP contribution in [0.3, 0.4) is 0 Å². The maximum absolute atomic E-state index is 12.2. The zero-order chi connectivity index (χ0) is 34.1. The minimum Gasteiger partial charge on any atom is -0.481 e. The Hall–Kier alpha value is -2.61. The summed E-state index contributed by atoms with van der Waals surface area (Å²) < 4.78 is 15.9. The first-order valence-corrected chi connectivity index (χ1v) is 17.3. The summed E-state index contributed by atoms with van der Waals surface area (Å²) in [5, 5.41) is 26.2. The Balaban J connectivity index is 3.73. The Kier molecular flexibility index (Phi) is 30.5. The second-order valence-corrected chi connectivity index (χ2v) is 11.4. The SMILES string of the molecule is CCOCCNC(C=O)OCCOCCNC(=O)CC[C@H](NC(=O)CCCCCCCCCCCCCCCCC(=O)O)C(=O)O. The number of nitrogens with one attached hydrogen (secondary N) is 3. The molecule has 13 heteroatoms. The first kappa shape index (κ1) is 43.4. The molecule has 0 radical (unpaired) electrons.